The zero-order chi connectivity index (χ0) is 27.4. The summed E-state index contributed by atoms with van der Waals surface area (Å²) in [5.41, 5.74) is 0.930. The van der Waals surface area contributed by atoms with E-state index in [2.05, 4.69) is 31.1 Å². The minimum absolute atomic E-state index is 0.121. The number of unbranched alkanes of at least 4 members (excludes halogenated alkanes) is 2. The third-order valence-electron chi connectivity index (χ3n) is 7.66. The number of nitrogens with one attached hydrogen (secondary N) is 3. The number of pyridine rings is 1. The molecule has 1 spiro atoms. The van der Waals surface area contributed by atoms with Crippen molar-refractivity contribution in [2.45, 2.75) is 64.0 Å². The summed E-state index contributed by atoms with van der Waals surface area (Å²) < 4.78 is 11.6. The first kappa shape index (κ1) is 26.7. The zero-order valence-corrected chi connectivity index (χ0v) is 22.3. The fourth-order valence-corrected chi connectivity index (χ4v) is 5.33. The number of benzene rings is 1. The number of carbonyl (C=O) groups excluding carboxylic acids is 3. The molecule has 11 nitrogen and oxygen atoms in total. The Labute approximate surface area is 226 Å². The maximum Gasteiger partial charge on any atom is 0.253 e. The van der Waals surface area contributed by atoms with Crippen LogP contribution in [0.3, 0.4) is 0 Å². The van der Waals surface area contributed by atoms with E-state index >= 15 is 0 Å². The van der Waals surface area contributed by atoms with Crippen molar-refractivity contribution in [1.82, 2.24) is 31.1 Å². The Kier molecular flexibility index (Phi) is 7.87. The number of methoxy groups -OCH3 is 1. The van der Waals surface area contributed by atoms with Gasteiger partial charge < -0.3 is 25.1 Å². The number of ketones is 1. The smallest absolute Gasteiger partial charge is 0.253 e. The van der Waals surface area contributed by atoms with Crippen molar-refractivity contribution >= 4 is 28.5 Å². The Morgan fingerprint density at radius 2 is 2.03 bits per heavy atom. The van der Waals surface area contributed by atoms with Crippen LogP contribution in [0.4, 0.5) is 0 Å². The summed E-state index contributed by atoms with van der Waals surface area (Å²) in [4.78, 5) is 41.8. The van der Waals surface area contributed by atoms with E-state index < -0.39 is 17.5 Å². The molecule has 11 heteroatoms. The lowest BCUT2D eigenvalue weighted by molar-refractivity contribution is -0.128. The van der Waals surface area contributed by atoms with Crippen LogP contribution < -0.4 is 20.7 Å². The van der Waals surface area contributed by atoms with E-state index in [9.17, 15) is 14.4 Å². The molecule has 2 saturated heterocycles. The summed E-state index contributed by atoms with van der Waals surface area (Å²) in [6.45, 7) is 3.09. The second kappa shape index (κ2) is 11.5. The Balaban J connectivity index is 1.36. The quantitative estimate of drug-likeness (QED) is 0.298. The molecule has 206 valence electrons. The molecular formula is C28H34N6O5. The number of hydrogen-bond donors (Lipinski definition) is 3. The highest BCUT2D eigenvalue weighted by Crippen LogP contribution is 2.37. The first-order valence-electron chi connectivity index (χ1n) is 13.5. The van der Waals surface area contributed by atoms with Gasteiger partial charge in [-0.1, -0.05) is 38.0 Å². The lowest BCUT2D eigenvalue weighted by atomic mass is 9.74. The Hall–Kier alpha value is -3.86. The molecule has 2 fully saturated rings. The minimum Gasteiger partial charge on any atom is -0.480 e. The molecule has 2 aliphatic rings. The second-order valence-electron chi connectivity index (χ2n) is 10.4. The van der Waals surface area contributed by atoms with Gasteiger partial charge in [-0.05, 0) is 25.0 Å². The number of amides is 2. The van der Waals surface area contributed by atoms with Crippen LogP contribution in [0.1, 0.15) is 63.8 Å². The molecule has 3 aromatic rings. The summed E-state index contributed by atoms with van der Waals surface area (Å²) in [6.07, 6.45) is 4.34. The van der Waals surface area contributed by atoms with Gasteiger partial charge >= 0.3 is 0 Å². The summed E-state index contributed by atoms with van der Waals surface area (Å²) in [5.74, 6) is 0.724. The number of ether oxygens (including phenoxy) is 1. The summed E-state index contributed by atoms with van der Waals surface area (Å²) >= 11 is 0. The van der Waals surface area contributed by atoms with Crippen LogP contribution in [0.2, 0.25) is 0 Å². The van der Waals surface area contributed by atoms with Crippen molar-refractivity contribution in [1.29, 1.82) is 0 Å². The fraction of sp³-hybridized carbons (Fsp3) is 0.500. The average Bonchev–Trinajstić information content (AvgIpc) is 3.56. The first-order chi connectivity index (χ1) is 18.9. The molecule has 0 bridgehead atoms. The van der Waals surface area contributed by atoms with E-state index in [1.54, 1.807) is 0 Å². The van der Waals surface area contributed by atoms with Gasteiger partial charge in [0.05, 0.1) is 12.6 Å². The summed E-state index contributed by atoms with van der Waals surface area (Å²) in [7, 11) is 1.53. The molecular weight excluding hydrogens is 500 g/mol. The Bertz CT molecular complexity index is 1370. The molecule has 39 heavy (non-hydrogen) atoms. The lowest BCUT2D eigenvalue weighted by Crippen LogP contribution is -2.63. The molecule has 2 amide bonds. The highest BCUT2D eigenvalue weighted by atomic mass is 16.5. The number of para-hydroxylation sites is 1. The average molecular weight is 535 g/mol. The van der Waals surface area contributed by atoms with Crippen LogP contribution in [-0.4, -0.2) is 59.0 Å². The van der Waals surface area contributed by atoms with Crippen LogP contribution >= 0.6 is 0 Å². The van der Waals surface area contributed by atoms with Gasteiger partial charge in [-0.3, -0.25) is 14.4 Å². The number of Topliss-reactive ketones (excluding diaryl/α,β-unsaturated/α-hetero) is 1. The predicted octanol–water partition coefficient (Wildman–Crippen LogP) is 2.86. The van der Waals surface area contributed by atoms with Crippen molar-refractivity contribution in [3.63, 3.8) is 0 Å². The monoisotopic (exact) mass is 534 g/mol. The molecule has 3 N–H and O–H groups in total. The molecule has 1 aromatic carbocycles. The molecule has 2 aliphatic heterocycles. The predicted molar refractivity (Wildman–Crippen MR) is 143 cm³/mol. The number of rotatable bonds is 12. The van der Waals surface area contributed by atoms with Crippen molar-refractivity contribution in [2.75, 3.05) is 20.2 Å². The zero-order valence-electron chi connectivity index (χ0n) is 22.3. The number of nitrogens with zero attached hydrogens (tertiary/aromatic N) is 3. The van der Waals surface area contributed by atoms with Crippen molar-refractivity contribution in [2.24, 2.45) is 5.41 Å². The molecule has 1 unspecified atom stereocenters. The third kappa shape index (κ3) is 5.63. The van der Waals surface area contributed by atoms with Gasteiger partial charge in [0, 0.05) is 43.2 Å². The van der Waals surface area contributed by atoms with Crippen molar-refractivity contribution in [3.8, 4) is 17.3 Å². The van der Waals surface area contributed by atoms with E-state index in [0.717, 1.165) is 30.2 Å². The molecule has 5 rings (SSSR count). The maximum absolute atomic E-state index is 13.4. The van der Waals surface area contributed by atoms with Gasteiger partial charge in [-0.2, -0.15) is 0 Å². The molecule has 2 aromatic heterocycles. The normalized spacial score (nSPS) is 18.5. The van der Waals surface area contributed by atoms with Gasteiger partial charge in [0.15, 0.2) is 0 Å². The van der Waals surface area contributed by atoms with Crippen molar-refractivity contribution < 1.29 is 23.5 Å². The summed E-state index contributed by atoms with van der Waals surface area (Å²) in [6, 6.07) is 8.37. The Morgan fingerprint density at radius 3 is 2.77 bits per heavy atom. The van der Waals surface area contributed by atoms with E-state index in [0.29, 0.717) is 50.2 Å². The van der Waals surface area contributed by atoms with E-state index in [4.69, 9.17) is 9.15 Å². The van der Waals surface area contributed by atoms with Crippen LogP contribution in [0.15, 0.2) is 34.7 Å². The van der Waals surface area contributed by atoms with Gasteiger partial charge in [0.2, 0.25) is 23.6 Å². The standard InChI is InChI=1S/C28H34N6O5/c1-3-18(35)10-5-4-6-12-21(30-24(37)23-28(15-29-16-28)14-22(36)32-23)27-34-33-26(39-27)19-13-17-9-7-8-11-20(17)31-25(19)38-2/h7-9,11,13,21,23,29H,3-6,10,12,14-16H2,1-2H3,(H,30,37)(H,32,36)/t21-,23?/m0/s1. The van der Waals surface area contributed by atoms with Gasteiger partial charge in [-0.25, -0.2) is 4.98 Å². The SMILES string of the molecule is CCC(=O)CCCCC[C@H](NC(=O)C1NC(=O)CC12CNC2)c1nnc(-c2cc3ccccc3nc2OC)o1. The minimum atomic E-state index is -0.622. The van der Waals surface area contributed by atoms with Crippen LogP contribution in [0.25, 0.3) is 22.4 Å². The largest absolute Gasteiger partial charge is 0.480 e. The number of fused-ring (bicyclic) bond motifs is 1. The number of aromatic nitrogens is 3. The van der Waals surface area contributed by atoms with Gasteiger partial charge in [0.25, 0.3) is 5.89 Å². The van der Waals surface area contributed by atoms with E-state index in [1.807, 2.05) is 37.3 Å². The number of carbonyl (C=O) groups is 3. The summed E-state index contributed by atoms with van der Waals surface area (Å²) in [5, 5.41) is 18.5. The highest BCUT2D eigenvalue weighted by molar-refractivity contribution is 5.93. The molecule has 2 atom stereocenters. The maximum atomic E-state index is 13.4. The highest BCUT2D eigenvalue weighted by Gasteiger charge is 2.54. The molecule has 4 heterocycles. The van der Waals surface area contributed by atoms with Gasteiger partial charge in [0.1, 0.15) is 23.4 Å². The van der Waals surface area contributed by atoms with E-state index in [1.165, 1.54) is 7.11 Å². The van der Waals surface area contributed by atoms with Crippen molar-refractivity contribution in [3.05, 3.63) is 36.2 Å². The Morgan fingerprint density at radius 1 is 1.21 bits per heavy atom. The molecule has 0 saturated carbocycles. The first-order valence-corrected chi connectivity index (χ1v) is 13.5. The second-order valence-corrected chi connectivity index (χ2v) is 10.4. The lowest BCUT2D eigenvalue weighted by Gasteiger charge is -2.42. The van der Waals surface area contributed by atoms with Gasteiger partial charge in [-0.15, -0.1) is 10.2 Å². The topological polar surface area (TPSA) is 148 Å². The molecule has 0 aliphatic carbocycles. The van der Waals surface area contributed by atoms with Crippen LogP contribution in [-0.2, 0) is 14.4 Å². The van der Waals surface area contributed by atoms with Crippen LogP contribution in [0.5, 0.6) is 5.88 Å². The number of hydrogen-bond acceptors (Lipinski definition) is 9. The fourth-order valence-electron chi connectivity index (χ4n) is 5.33. The molecule has 0 radical (unpaired) electrons. The van der Waals surface area contributed by atoms with E-state index in [-0.39, 0.29) is 29.4 Å². The van der Waals surface area contributed by atoms with Crippen LogP contribution in [0, 0.1) is 5.41 Å². The third-order valence-corrected chi connectivity index (χ3v) is 7.66.